The molecule has 2 aromatic heterocycles. The van der Waals surface area contributed by atoms with Crippen molar-refractivity contribution in [1.82, 2.24) is 30.0 Å². The largest absolute Gasteiger partial charge is 0.508 e. The van der Waals surface area contributed by atoms with Gasteiger partial charge in [-0.15, -0.1) is 11.3 Å². The topological polar surface area (TPSA) is 172 Å². The Labute approximate surface area is 361 Å². The number of fused-ring (bicyclic) bond motifs is 3. The molecule has 3 aliphatic heterocycles. The summed E-state index contributed by atoms with van der Waals surface area (Å²) in [6, 6.07) is 24.0. The van der Waals surface area contributed by atoms with E-state index < -0.39 is 11.9 Å². The average Bonchev–Trinajstić information content (AvgIpc) is 3.81. The number of ether oxygens (including phenoxy) is 2. The van der Waals surface area contributed by atoms with Crippen LogP contribution in [0.3, 0.4) is 0 Å². The van der Waals surface area contributed by atoms with Crippen molar-refractivity contribution in [3.05, 3.63) is 122 Å². The third-order valence-electron chi connectivity index (χ3n) is 11.9. The molecule has 3 aliphatic rings. The Morgan fingerprint density at radius 1 is 0.968 bits per heavy atom. The molecule has 0 aliphatic carbocycles. The predicted octanol–water partition coefficient (Wildman–Crippen LogP) is 5.47. The molecule has 1 unspecified atom stereocenters. The lowest BCUT2D eigenvalue weighted by Gasteiger charge is -2.39. The van der Waals surface area contributed by atoms with E-state index in [2.05, 4.69) is 10.6 Å². The van der Waals surface area contributed by atoms with Gasteiger partial charge in [0, 0.05) is 61.4 Å². The number of phenolic OH excluding ortho intramolecular Hbond substituents is 1. The van der Waals surface area contributed by atoms with Gasteiger partial charge in [-0.1, -0.05) is 49.4 Å². The fourth-order valence-corrected chi connectivity index (χ4v) is 9.49. The summed E-state index contributed by atoms with van der Waals surface area (Å²) in [7, 11) is 0. The minimum atomic E-state index is -0.648. The van der Waals surface area contributed by atoms with Crippen LogP contribution >= 0.6 is 11.3 Å². The number of hydrogen-bond acceptors (Lipinski definition) is 11. The molecule has 0 saturated carbocycles. The van der Waals surface area contributed by atoms with Crippen molar-refractivity contribution in [2.75, 3.05) is 32.8 Å². The molecule has 62 heavy (non-hydrogen) atoms. The van der Waals surface area contributed by atoms with Crippen LogP contribution in [0, 0.1) is 0 Å². The number of carbonyl (C=O) groups is 4. The second kappa shape index (κ2) is 17.5. The van der Waals surface area contributed by atoms with Crippen molar-refractivity contribution >= 4 is 56.6 Å². The highest BCUT2D eigenvalue weighted by atomic mass is 32.1. The Bertz CT molecular complexity index is 2780. The summed E-state index contributed by atoms with van der Waals surface area (Å²) in [6.45, 7) is 5.73. The molecule has 15 heteroatoms. The van der Waals surface area contributed by atoms with Gasteiger partial charge >= 0.3 is 0 Å². The number of hydrogen-bond donors (Lipinski definition) is 3. The van der Waals surface area contributed by atoms with Crippen LogP contribution in [0.4, 0.5) is 0 Å². The Hall–Kier alpha value is -6.42. The lowest BCUT2D eigenvalue weighted by atomic mass is 9.96. The number of phenols is 1. The highest BCUT2D eigenvalue weighted by molar-refractivity contribution is 7.10. The molecular formula is C47H46N6O8S. The summed E-state index contributed by atoms with van der Waals surface area (Å²) in [6.07, 6.45) is 0.969. The maximum absolute atomic E-state index is 14.3. The smallest absolute Gasteiger partial charge is 0.261 e. The van der Waals surface area contributed by atoms with Crippen LogP contribution in [0.2, 0.25) is 0 Å². The monoisotopic (exact) mass is 854 g/mol. The van der Waals surface area contributed by atoms with Gasteiger partial charge in [0.25, 0.3) is 11.5 Å². The second-order valence-corrected chi connectivity index (χ2v) is 16.9. The van der Waals surface area contributed by atoms with Crippen molar-refractivity contribution in [2.45, 2.75) is 64.4 Å². The van der Waals surface area contributed by atoms with E-state index in [1.54, 1.807) is 26.5 Å². The van der Waals surface area contributed by atoms with Gasteiger partial charge in [-0.05, 0) is 70.3 Å². The number of aromatic hydroxyl groups is 1. The molecule has 4 aromatic carbocycles. The van der Waals surface area contributed by atoms with Gasteiger partial charge in [-0.3, -0.25) is 33.9 Å². The molecule has 9 rings (SSSR count). The van der Waals surface area contributed by atoms with Crippen LogP contribution in [0.25, 0.3) is 32.8 Å². The van der Waals surface area contributed by atoms with Crippen molar-refractivity contribution in [2.24, 2.45) is 0 Å². The maximum Gasteiger partial charge on any atom is 0.261 e. The van der Waals surface area contributed by atoms with Gasteiger partial charge in [-0.25, -0.2) is 4.98 Å². The minimum absolute atomic E-state index is 0.0596. The number of amides is 4. The van der Waals surface area contributed by atoms with Gasteiger partial charge in [0.2, 0.25) is 17.7 Å². The molecule has 0 radical (unpaired) electrons. The molecule has 2 saturated heterocycles. The van der Waals surface area contributed by atoms with E-state index in [-0.39, 0.29) is 41.4 Å². The first kappa shape index (κ1) is 41.0. The van der Waals surface area contributed by atoms with E-state index in [1.807, 2.05) is 79.0 Å². The van der Waals surface area contributed by atoms with Gasteiger partial charge in [0.05, 0.1) is 42.1 Å². The fraction of sp³-hybridized carbons (Fsp3) is 0.319. The Kier molecular flexibility index (Phi) is 11.6. The van der Waals surface area contributed by atoms with E-state index in [1.165, 1.54) is 11.3 Å². The van der Waals surface area contributed by atoms with E-state index >= 15 is 0 Å². The number of aromatic nitrogens is 2. The van der Waals surface area contributed by atoms with E-state index in [4.69, 9.17) is 14.5 Å². The van der Waals surface area contributed by atoms with Gasteiger partial charge in [-0.2, -0.15) is 0 Å². The van der Waals surface area contributed by atoms with E-state index in [0.717, 1.165) is 37.9 Å². The summed E-state index contributed by atoms with van der Waals surface area (Å²) in [5.41, 5.74) is 4.57. The van der Waals surface area contributed by atoms with E-state index in [0.29, 0.717) is 100.0 Å². The molecule has 0 spiro atoms. The fourth-order valence-electron chi connectivity index (χ4n) is 8.55. The number of benzene rings is 4. The zero-order valence-corrected chi connectivity index (χ0v) is 35.0. The highest BCUT2D eigenvalue weighted by Gasteiger charge is 2.41. The Balaban J connectivity index is 0.786. The van der Waals surface area contributed by atoms with Gasteiger partial charge in [0.1, 0.15) is 30.0 Å². The minimum Gasteiger partial charge on any atom is -0.508 e. The van der Waals surface area contributed by atoms with Crippen LogP contribution in [0.1, 0.15) is 64.3 Å². The molecule has 318 valence electrons. The van der Waals surface area contributed by atoms with Crippen molar-refractivity contribution < 1.29 is 33.8 Å². The number of likely N-dealkylation sites (tertiary alicyclic amines) is 1. The highest BCUT2D eigenvalue weighted by Crippen LogP contribution is 2.36. The quantitative estimate of drug-likeness (QED) is 0.0890. The van der Waals surface area contributed by atoms with Crippen LogP contribution in [0.15, 0.2) is 89.0 Å². The first-order valence-electron chi connectivity index (χ1n) is 20.9. The van der Waals surface area contributed by atoms with Crippen molar-refractivity contribution in [3.63, 3.8) is 0 Å². The number of thiophene rings is 1. The number of piperidine rings is 1. The number of rotatable bonds is 15. The van der Waals surface area contributed by atoms with Crippen LogP contribution in [-0.4, -0.2) is 87.0 Å². The zero-order valence-electron chi connectivity index (χ0n) is 34.2. The third-order valence-corrected chi connectivity index (χ3v) is 12.9. The summed E-state index contributed by atoms with van der Waals surface area (Å²) in [5, 5.41) is 20.4. The maximum atomic E-state index is 14.3. The number of imide groups is 1. The lowest BCUT2D eigenvalue weighted by Crippen LogP contribution is -2.52. The SMILES string of the molecule is CCC(=O)N1CC(c2nc3ccc(-c4cc(O)cc5ccccc45)cc3c(=O)n2CCOCCNCc2ccc(OCc3scc4c3CN(C3CCC(=O)NC3=O)C4=O)cc2)C1. The normalized spacial score (nSPS) is 16.5. The molecular weight excluding hydrogens is 809 g/mol. The summed E-state index contributed by atoms with van der Waals surface area (Å²) in [5.74, 6) is 0.589. The first-order chi connectivity index (χ1) is 30.1. The van der Waals surface area contributed by atoms with Crippen LogP contribution in [0.5, 0.6) is 11.5 Å². The standard InChI is InChI=1S/C47H46N6O8S/c1-2-43(56)51-23-31(24-51)44-49-39-12-9-30(35-21-32(54)19-29-5-3-4-6-34(29)35)20-36(39)46(58)52(44)16-18-60-17-15-48-22-28-7-10-33(11-8-28)61-26-41-37-25-53(47(59)38(37)27-62-41)40-13-14-42(55)50-45(40)57/h3-12,19-21,27,31,40,48,54H,2,13-18,22-26H2,1H3,(H,50,55,57). The third kappa shape index (κ3) is 8.18. The van der Waals surface area contributed by atoms with Gasteiger partial charge < -0.3 is 29.7 Å². The Morgan fingerprint density at radius 2 is 1.79 bits per heavy atom. The number of carbonyl (C=O) groups excluding carboxylic acids is 4. The molecule has 2 fully saturated rings. The second-order valence-electron chi connectivity index (χ2n) is 15.9. The molecule has 5 heterocycles. The average molecular weight is 855 g/mol. The lowest BCUT2D eigenvalue weighted by molar-refractivity contribution is -0.137. The summed E-state index contributed by atoms with van der Waals surface area (Å²) >= 11 is 1.47. The Morgan fingerprint density at radius 3 is 2.60 bits per heavy atom. The molecule has 1 atom stereocenters. The number of nitrogens with zero attached hydrogens (tertiary/aromatic N) is 4. The van der Waals surface area contributed by atoms with Crippen LogP contribution in [-0.2, 0) is 45.4 Å². The zero-order chi connectivity index (χ0) is 42.9. The van der Waals surface area contributed by atoms with Crippen molar-refractivity contribution in [3.8, 4) is 22.6 Å². The first-order valence-corrected chi connectivity index (χ1v) is 21.8. The number of nitrogens with one attached hydrogen (secondary N) is 2. The summed E-state index contributed by atoms with van der Waals surface area (Å²) < 4.78 is 13.8. The van der Waals surface area contributed by atoms with Crippen LogP contribution < -0.4 is 20.9 Å². The van der Waals surface area contributed by atoms with Gasteiger partial charge in [0.15, 0.2) is 0 Å². The van der Waals surface area contributed by atoms with Crippen molar-refractivity contribution in [1.29, 1.82) is 0 Å². The molecule has 0 bridgehead atoms. The molecule has 14 nitrogen and oxygen atoms in total. The van der Waals surface area contributed by atoms with E-state index in [9.17, 15) is 29.1 Å². The molecule has 3 N–H and O–H groups in total. The summed E-state index contributed by atoms with van der Waals surface area (Å²) in [4.78, 5) is 72.9. The molecule has 4 amide bonds. The molecule has 6 aromatic rings. The predicted molar refractivity (Wildman–Crippen MR) is 234 cm³/mol.